The number of halogens is 2. The molecular weight excluding hydrogens is 294 g/mol. The van der Waals surface area contributed by atoms with Crippen molar-refractivity contribution < 1.29 is 21.9 Å². The van der Waals surface area contributed by atoms with Crippen LogP contribution < -0.4 is 9.46 Å². The highest BCUT2D eigenvalue weighted by Crippen LogP contribution is 2.17. The molecule has 0 unspecified atom stereocenters. The average molecular weight is 304 g/mol. The van der Waals surface area contributed by atoms with Crippen LogP contribution in [0.25, 0.3) is 0 Å². The van der Waals surface area contributed by atoms with Gasteiger partial charge in [-0.25, -0.2) is 27.0 Å². The first-order chi connectivity index (χ1) is 9.42. The van der Waals surface area contributed by atoms with E-state index in [1.54, 1.807) is 6.92 Å². The summed E-state index contributed by atoms with van der Waals surface area (Å²) in [5.74, 6) is -2.60. The molecule has 20 heavy (non-hydrogen) atoms. The number of anilines is 1. The topological polar surface area (TPSA) is 97.0 Å². The van der Waals surface area contributed by atoms with Gasteiger partial charge in [0, 0.05) is 0 Å². The van der Waals surface area contributed by atoms with E-state index in [-0.39, 0.29) is 12.0 Å². The van der Waals surface area contributed by atoms with Crippen molar-refractivity contribution in [3.63, 3.8) is 0 Å². The van der Waals surface area contributed by atoms with Crippen LogP contribution >= 0.6 is 0 Å². The lowest BCUT2D eigenvalue weighted by atomic mass is 10.3. The van der Waals surface area contributed by atoms with Crippen LogP contribution in [-0.4, -0.2) is 30.2 Å². The summed E-state index contributed by atoms with van der Waals surface area (Å²) in [5.41, 5.74) is 0. The van der Waals surface area contributed by atoms with Crippen molar-refractivity contribution in [3.05, 3.63) is 29.8 Å². The number of aromatic amines is 1. The van der Waals surface area contributed by atoms with Gasteiger partial charge >= 0.3 is 6.01 Å². The van der Waals surface area contributed by atoms with Crippen LogP contribution in [0, 0.1) is 11.6 Å². The van der Waals surface area contributed by atoms with Gasteiger partial charge in [0.25, 0.3) is 10.0 Å². The van der Waals surface area contributed by atoms with Gasteiger partial charge in [0.2, 0.25) is 5.95 Å². The zero-order valence-electron chi connectivity index (χ0n) is 10.2. The maximum absolute atomic E-state index is 13.0. The van der Waals surface area contributed by atoms with Crippen LogP contribution in [0.3, 0.4) is 0 Å². The van der Waals surface area contributed by atoms with E-state index < -0.39 is 26.6 Å². The summed E-state index contributed by atoms with van der Waals surface area (Å²) in [5, 5.41) is 5.89. The van der Waals surface area contributed by atoms with Crippen molar-refractivity contribution in [3.8, 4) is 6.01 Å². The number of H-pyrrole nitrogens is 1. The Labute approximate surface area is 113 Å². The second-order valence-corrected chi connectivity index (χ2v) is 5.26. The van der Waals surface area contributed by atoms with Crippen molar-refractivity contribution in [1.29, 1.82) is 0 Å². The number of ether oxygens (including phenoxy) is 1. The summed E-state index contributed by atoms with van der Waals surface area (Å²) in [6.07, 6.45) is 0. The van der Waals surface area contributed by atoms with E-state index in [4.69, 9.17) is 4.74 Å². The quantitative estimate of drug-likeness (QED) is 0.867. The molecule has 0 amide bonds. The molecule has 108 valence electrons. The fourth-order valence-corrected chi connectivity index (χ4v) is 2.29. The first-order valence-electron chi connectivity index (χ1n) is 5.45. The zero-order chi connectivity index (χ0) is 14.8. The molecule has 1 aromatic carbocycles. The molecular formula is C10H10F2N4O3S. The Hall–Kier alpha value is -2.23. The van der Waals surface area contributed by atoms with Crippen LogP contribution in [0.4, 0.5) is 14.7 Å². The number of sulfonamides is 1. The third-order valence-electron chi connectivity index (χ3n) is 2.17. The van der Waals surface area contributed by atoms with Gasteiger partial charge in [0.1, 0.15) is 0 Å². The molecule has 0 radical (unpaired) electrons. The maximum atomic E-state index is 13.0. The van der Waals surface area contributed by atoms with Gasteiger partial charge in [-0.3, -0.25) is 0 Å². The van der Waals surface area contributed by atoms with Crippen LogP contribution in [-0.2, 0) is 10.0 Å². The monoisotopic (exact) mass is 304 g/mol. The molecule has 0 fully saturated rings. The molecule has 2 aromatic rings. The van der Waals surface area contributed by atoms with Gasteiger partial charge in [0.15, 0.2) is 11.6 Å². The molecule has 0 aliphatic carbocycles. The van der Waals surface area contributed by atoms with Crippen LogP contribution in [0.2, 0.25) is 0 Å². The summed E-state index contributed by atoms with van der Waals surface area (Å²) in [4.78, 5) is 3.26. The lowest BCUT2D eigenvalue weighted by molar-refractivity contribution is 0.314. The summed E-state index contributed by atoms with van der Waals surface area (Å²) < 4.78 is 56.6. The largest absolute Gasteiger partial charge is 0.463 e. The summed E-state index contributed by atoms with van der Waals surface area (Å²) in [6, 6.07) is 2.18. The number of nitrogens with zero attached hydrogens (tertiary/aromatic N) is 2. The van der Waals surface area contributed by atoms with Gasteiger partial charge in [-0.2, -0.15) is 4.98 Å². The molecule has 0 spiro atoms. The molecule has 1 heterocycles. The van der Waals surface area contributed by atoms with Crippen molar-refractivity contribution in [2.75, 3.05) is 11.3 Å². The van der Waals surface area contributed by atoms with E-state index in [0.29, 0.717) is 12.7 Å². The Morgan fingerprint density at radius 3 is 2.75 bits per heavy atom. The van der Waals surface area contributed by atoms with E-state index in [0.717, 1.165) is 12.1 Å². The van der Waals surface area contributed by atoms with E-state index in [9.17, 15) is 17.2 Å². The minimum atomic E-state index is -4.10. The van der Waals surface area contributed by atoms with Gasteiger partial charge in [0.05, 0.1) is 11.5 Å². The zero-order valence-corrected chi connectivity index (χ0v) is 11.0. The Kier molecular flexibility index (Phi) is 3.84. The maximum Gasteiger partial charge on any atom is 0.337 e. The fourth-order valence-electron chi connectivity index (χ4n) is 1.32. The second kappa shape index (κ2) is 5.41. The molecule has 0 saturated heterocycles. The molecule has 0 aliphatic rings. The van der Waals surface area contributed by atoms with E-state index in [2.05, 4.69) is 15.2 Å². The summed E-state index contributed by atoms with van der Waals surface area (Å²) >= 11 is 0. The number of benzene rings is 1. The molecule has 1 aromatic heterocycles. The molecule has 0 aliphatic heterocycles. The van der Waals surface area contributed by atoms with Crippen molar-refractivity contribution in [2.24, 2.45) is 0 Å². The van der Waals surface area contributed by atoms with E-state index in [1.165, 1.54) is 0 Å². The first-order valence-corrected chi connectivity index (χ1v) is 6.94. The van der Waals surface area contributed by atoms with Crippen LogP contribution in [0.15, 0.2) is 23.1 Å². The van der Waals surface area contributed by atoms with Crippen LogP contribution in [0.5, 0.6) is 6.01 Å². The second-order valence-electron chi connectivity index (χ2n) is 3.58. The van der Waals surface area contributed by atoms with Gasteiger partial charge in [-0.15, -0.1) is 5.10 Å². The molecule has 10 heteroatoms. The SMILES string of the molecule is CCOc1n[nH]c(NS(=O)(=O)c2ccc(F)c(F)c2)n1. The Balaban J connectivity index is 2.23. The third-order valence-corrected chi connectivity index (χ3v) is 3.51. The van der Waals surface area contributed by atoms with Gasteiger partial charge in [-0.05, 0) is 25.1 Å². The highest BCUT2D eigenvalue weighted by atomic mass is 32.2. The third kappa shape index (κ3) is 3.02. The van der Waals surface area contributed by atoms with Gasteiger partial charge < -0.3 is 4.74 Å². The molecule has 2 N–H and O–H groups in total. The van der Waals surface area contributed by atoms with Crippen LogP contribution in [0.1, 0.15) is 6.92 Å². The predicted molar refractivity (Wildman–Crippen MR) is 64.7 cm³/mol. The Bertz CT molecular complexity index is 717. The number of hydrogen-bond acceptors (Lipinski definition) is 5. The average Bonchev–Trinajstić information content (AvgIpc) is 2.79. The van der Waals surface area contributed by atoms with Crippen molar-refractivity contribution in [2.45, 2.75) is 11.8 Å². The molecule has 0 bridgehead atoms. The lowest BCUT2D eigenvalue weighted by Crippen LogP contribution is -2.14. The van der Waals surface area contributed by atoms with Crippen molar-refractivity contribution >= 4 is 16.0 Å². The summed E-state index contributed by atoms with van der Waals surface area (Å²) in [6.45, 7) is 2.02. The number of hydrogen-bond donors (Lipinski definition) is 2. The number of rotatable bonds is 5. The highest BCUT2D eigenvalue weighted by Gasteiger charge is 2.18. The van der Waals surface area contributed by atoms with Crippen molar-refractivity contribution in [1.82, 2.24) is 15.2 Å². The van der Waals surface area contributed by atoms with E-state index >= 15 is 0 Å². The van der Waals surface area contributed by atoms with E-state index in [1.807, 2.05) is 4.72 Å². The molecule has 0 atom stereocenters. The van der Waals surface area contributed by atoms with Gasteiger partial charge in [-0.1, -0.05) is 0 Å². The molecule has 2 rings (SSSR count). The molecule has 7 nitrogen and oxygen atoms in total. The minimum Gasteiger partial charge on any atom is -0.463 e. The fraction of sp³-hybridized carbons (Fsp3) is 0.200. The predicted octanol–water partition coefficient (Wildman–Crippen LogP) is 1.28. The standard InChI is InChI=1S/C10H10F2N4O3S/c1-2-19-10-13-9(14-15-10)16-20(17,18)6-3-4-7(11)8(12)5-6/h3-5H,2H2,1H3,(H2,13,14,15,16). The first kappa shape index (κ1) is 14.2. The minimum absolute atomic E-state index is 0.0320. The smallest absolute Gasteiger partial charge is 0.337 e. The summed E-state index contributed by atoms with van der Waals surface area (Å²) in [7, 11) is -4.10. The normalized spacial score (nSPS) is 11.3. The Morgan fingerprint density at radius 2 is 2.10 bits per heavy atom. The highest BCUT2D eigenvalue weighted by molar-refractivity contribution is 7.92. The lowest BCUT2D eigenvalue weighted by Gasteiger charge is -2.04. The number of nitrogens with one attached hydrogen (secondary N) is 2. The Morgan fingerprint density at radius 1 is 1.35 bits per heavy atom. The molecule has 0 saturated carbocycles. The number of aromatic nitrogens is 3.